The number of amides is 1. The van der Waals surface area contributed by atoms with E-state index in [9.17, 15) is 18.0 Å². The predicted molar refractivity (Wildman–Crippen MR) is 158 cm³/mol. The summed E-state index contributed by atoms with van der Waals surface area (Å²) in [5, 5.41) is 0. The molecule has 0 spiro atoms. The minimum absolute atomic E-state index is 0.0980. The molecular weight excluding hydrogens is 537 g/mol. The summed E-state index contributed by atoms with van der Waals surface area (Å²) in [6.45, 7) is 8.34. The molecule has 1 aliphatic carbocycles. The third-order valence-electron chi connectivity index (χ3n) is 8.94. The summed E-state index contributed by atoms with van der Waals surface area (Å²) in [4.78, 5) is 24.4. The molecule has 1 aromatic heterocycles. The number of likely N-dealkylation sites (tertiary alicyclic amines) is 1. The fourth-order valence-corrected chi connectivity index (χ4v) is 6.40. The molecule has 3 aliphatic rings. The molecule has 5 nitrogen and oxygen atoms in total. The minimum Gasteiger partial charge on any atom is -0.336 e. The van der Waals surface area contributed by atoms with Gasteiger partial charge in [-0.25, -0.2) is 0 Å². The molecule has 3 aromatic rings. The Morgan fingerprint density at radius 1 is 0.857 bits per heavy atom. The normalized spacial score (nSPS) is 18.7. The Morgan fingerprint density at radius 3 is 2.19 bits per heavy atom. The molecule has 6 rings (SSSR count). The molecule has 0 N–H and O–H groups in total. The van der Waals surface area contributed by atoms with Crippen molar-refractivity contribution in [2.75, 3.05) is 39.3 Å². The van der Waals surface area contributed by atoms with E-state index >= 15 is 0 Å². The van der Waals surface area contributed by atoms with Crippen LogP contribution in [0.15, 0.2) is 66.4 Å². The number of rotatable bonds is 6. The average molecular weight is 575 g/mol. The van der Waals surface area contributed by atoms with E-state index in [-0.39, 0.29) is 5.91 Å². The number of alkyl halides is 3. The number of benzene rings is 2. The van der Waals surface area contributed by atoms with E-state index in [0.29, 0.717) is 45.1 Å². The second-order valence-electron chi connectivity index (χ2n) is 11.9. The van der Waals surface area contributed by atoms with Crippen molar-refractivity contribution >= 4 is 12.0 Å². The van der Waals surface area contributed by atoms with Crippen molar-refractivity contribution in [1.29, 1.82) is 0 Å². The smallest absolute Gasteiger partial charge is 0.336 e. The van der Waals surface area contributed by atoms with Crippen molar-refractivity contribution in [3.63, 3.8) is 0 Å². The van der Waals surface area contributed by atoms with Crippen molar-refractivity contribution in [2.45, 2.75) is 51.4 Å². The van der Waals surface area contributed by atoms with Gasteiger partial charge in [0.05, 0.1) is 5.56 Å². The second kappa shape index (κ2) is 12.0. The first-order chi connectivity index (χ1) is 20.2. The highest BCUT2D eigenvalue weighted by Crippen LogP contribution is 2.34. The van der Waals surface area contributed by atoms with E-state index in [1.807, 2.05) is 24.1 Å². The molecular formula is C34H37F3N4O. The Labute approximate surface area is 245 Å². The van der Waals surface area contributed by atoms with Crippen LogP contribution in [0.2, 0.25) is 0 Å². The number of nitrogens with zero attached hydrogens (tertiary/aromatic N) is 4. The van der Waals surface area contributed by atoms with Crippen LogP contribution < -0.4 is 0 Å². The van der Waals surface area contributed by atoms with Gasteiger partial charge < -0.3 is 4.90 Å². The number of fused-ring (bicyclic) bond motifs is 1. The fourth-order valence-electron chi connectivity index (χ4n) is 6.40. The van der Waals surface area contributed by atoms with Crippen LogP contribution in [0.4, 0.5) is 13.2 Å². The largest absolute Gasteiger partial charge is 0.416 e. The summed E-state index contributed by atoms with van der Waals surface area (Å²) in [5.41, 5.74) is 7.14. The maximum atomic E-state index is 13.4. The lowest BCUT2D eigenvalue weighted by atomic mass is 9.87. The van der Waals surface area contributed by atoms with Crippen molar-refractivity contribution < 1.29 is 18.0 Å². The number of carbonyl (C=O) groups excluding carboxylic acids is 1. The number of hydrogen-bond acceptors (Lipinski definition) is 4. The first-order valence-corrected chi connectivity index (χ1v) is 14.9. The number of halogens is 3. The Balaban J connectivity index is 0.979. The molecule has 2 saturated heterocycles. The van der Waals surface area contributed by atoms with Gasteiger partial charge in [0.1, 0.15) is 0 Å². The van der Waals surface area contributed by atoms with Gasteiger partial charge in [0, 0.05) is 63.2 Å². The van der Waals surface area contributed by atoms with Crippen molar-refractivity contribution in [3.05, 3.63) is 105 Å². The zero-order valence-electron chi connectivity index (χ0n) is 24.0. The van der Waals surface area contributed by atoms with Gasteiger partial charge in [-0.15, -0.1) is 0 Å². The van der Waals surface area contributed by atoms with Gasteiger partial charge in [0.2, 0.25) is 5.91 Å². The molecule has 1 amide bonds. The summed E-state index contributed by atoms with van der Waals surface area (Å²) in [5.74, 6) is 0.640. The van der Waals surface area contributed by atoms with Crippen LogP contribution >= 0.6 is 0 Å². The standard InChI is InChI=1S/C34H37F3N4O/c1-24-2-3-26(21-38-24)23-39-12-10-27(11-13-39)28-6-7-29-19-31(20-30(29)18-28)33(42)41-16-14-40(15-17-41)22-25-4-8-32(9-5-25)34(35,36)37/h2-9,18-19,21,27H,10-17,20,22-23H2,1H3. The highest BCUT2D eigenvalue weighted by Gasteiger charge is 2.31. The van der Waals surface area contributed by atoms with E-state index in [0.717, 1.165) is 67.0 Å². The van der Waals surface area contributed by atoms with Crippen molar-refractivity contribution in [3.8, 4) is 0 Å². The summed E-state index contributed by atoms with van der Waals surface area (Å²) >= 11 is 0. The zero-order valence-corrected chi connectivity index (χ0v) is 24.0. The molecule has 0 unspecified atom stereocenters. The monoisotopic (exact) mass is 574 g/mol. The van der Waals surface area contributed by atoms with Crippen LogP contribution in [-0.2, 0) is 30.5 Å². The fraction of sp³-hybridized carbons (Fsp3) is 0.412. The molecule has 220 valence electrons. The lowest BCUT2D eigenvalue weighted by Crippen LogP contribution is -2.48. The SMILES string of the molecule is Cc1ccc(CN2CCC(c3ccc4c(c3)CC(C(=O)N3CCN(Cc5ccc(C(F)(F)F)cc5)CC3)=C4)CC2)cn1. The van der Waals surface area contributed by atoms with Crippen LogP contribution in [0, 0.1) is 6.92 Å². The number of carbonyl (C=O) groups is 1. The quantitative estimate of drug-likeness (QED) is 0.358. The third-order valence-corrected chi connectivity index (χ3v) is 8.94. The highest BCUT2D eigenvalue weighted by molar-refractivity contribution is 6.00. The molecule has 2 fully saturated rings. The molecule has 0 saturated carbocycles. The number of hydrogen-bond donors (Lipinski definition) is 0. The van der Waals surface area contributed by atoms with Gasteiger partial charge >= 0.3 is 6.18 Å². The lowest BCUT2D eigenvalue weighted by Gasteiger charge is -2.35. The first-order valence-electron chi connectivity index (χ1n) is 14.9. The summed E-state index contributed by atoms with van der Waals surface area (Å²) < 4.78 is 38.5. The van der Waals surface area contributed by atoms with Gasteiger partial charge in [-0.2, -0.15) is 13.2 Å². The Hall–Kier alpha value is -3.49. The van der Waals surface area contributed by atoms with Gasteiger partial charge in [-0.1, -0.05) is 36.4 Å². The van der Waals surface area contributed by atoms with Crippen LogP contribution in [0.3, 0.4) is 0 Å². The third kappa shape index (κ3) is 6.60. The number of aryl methyl sites for hydroxylation is 1. The molecule has 42 heavy (non-hydrogen) atoms. The molecule has 0 atom stereocenters. The number of aromatic nitrogens is 1. The summed E-state index contributed by atoms with van der Waals surface area (Å²) in [6, 6.07) is 16.3. The number of pyridine rings is 1. The van der Waals surface area contributed by atoms with Crippen LogP contribution in [-0.4, -0.2) is 64.9 Å². The average Bonchev–Trinajstić information content (AvgIpc) is 3.42. The van der Waals surface area contributed by atoms with E-state index in [1.54, 1.807) is 12.1 Å². The molecule has 0 radical (unpaired) electrons. The van der Waals surface area contributed by atoms with E-state index < -0.39 is 11.7 Å². The van der Waals surface area contributed by atoms with Crippen LogP contribution in [0.1, 0.15) is 57.8 Å². The van der Waals surface area contributed by atoms with E-state index in [2.05, 4.69) is 45.1 Å². The lowest BCUT2D eigenvalue weighted by molar-refractivity contribution is -0.137. The zero-order chi connectivity index (χ0) is 29.3. The number of piperidine rings is 1. The topological polar surface area (TPSA) is 39.7 Å². The second-order valence-corrected chi connectivity index (χ2v) is 11.9. The van der Waals surface area contributed by atoms with Crippen molar-refractivity contribution in [1.82, 2.24) is 19.7 Å². The van der Waals surface area contributed by atoms with Gasteiger partial charge in [0.25, 0.3) is 0 Å². The molecule has 2 aromatic carbocycles. The maximum absolute atomic E-state index is 13.4. The van der Waals surface area contributed by atoms with Gasteiger partial charge in [0.15, 0.2) is 0 Å². The highest BCUT2D eigenvalue weighted by atomic mass is 19.4. The maximum Gasteiger partial charge on any atom is 0.416 e. The summed E-state index contributed by atoms with van der Waals surface area (Å²) in [7, 11) is 0. The van der Waals surface area contributed by atoms with Crippen molar-refractivity contribution in [2.24, 2.45) is 0 Å². The molecule has 2 aliphatic heterocycles. The van der Waals surface area contributed by atoms with E-state index in [4.69, 9.17) is 0 Å². The Kier molecular flexibility index (Phi) is 8.19. The number of piperazine rings is 1. The minimum atomic E-state index is -4.32. The molecule has 8 heteroatoms. The van der Waals surface area contributed by atoms with Gasteiger partial charge in [-0.3, -0.25) is 19.6 Å². The summed E-state index contributed by atoms with van der Waals surface area (Å²) in [6.07, 6.45) is 2.65. The van der Waals surface area contributed by atoms with Crippen LogP contribution in [0.25, 0.3) is 6.08 Å². The van der Waals surface area contributed by atoms with Crippen LogP contribution in [0.5, 0.6) is 0 Å². The molecule has 3 heterocycles. The van der Waals surface area contributed by atoms with E-state index in [1.165, 1.54) is 16.7 Å². The molecule has 0 bridgehead atoms. The Bertz CT molecular complexity index is 1430. The van der Waals surface area contributed by atoms with Gasteiger partial charge in [-0.05, 0) is 90.9 Å². The predicted octanol–water partition coefficient (Wildman–Crippen LogP) is 6.07. The Morgan fingerprint density at radius 2 is 1.52 bits per heavy atom. The first kappa shape index (κ1) is 28.6.